The molecule has 1 saturated heterocycles. The van der Waals surface area contributed by atoms with Crippen molar-refractivity contribution in [2.45, 2.75) is 39.3 Å². The van der Waals surface area contributed by atoms with E-state index in [4.69, 9.17) is 10.7 Å². The fourth-order valence-electron chi connectivity index (χ4n) is 4.55. The van der Waals surface area contributed by atoms with Gasteiger partial charge in [-0.2, -0.15) is 16.9 Å². The molecule has 0 aliphatic carbocycles. The van der Waals surface area contributed by atoms with Crippen LogP contribution in [-0.4, -0.2) is 49.8 Å². The Hall–Kier alpha value is -2.94. The first-order chi connectivity index (χ1) is 16.1. The largest absolute Gasteiger partial charge is 0.351 e. The molecule has 1 aliphatic heterocycles. The predicted molar refractivity (Wildman–Crippen MR) is 131 cm³/mol. The molecular weight excluding hydrogens is 456 g/mol. The zero-order valence-electron chi connectivity index (χ0n) is 19.5. The maximum Gasteiger partial charge on any atom is 0.315 e. The summed E-state index contributed by atoms with van der Waals surface area (Å²) < 4.78 is 30.4. The number of hydrogen-bond donors (Lipinski definition) is 1. The molecule has 1 aromatic heterocycles. The van der Waals surface area contributed by atoms with Gasteiger partial charge in [0.1, 0.15) is 17.5 Å². The van der Waals surface area contributed by atoms with Gasteiger partial charge < -0.3 is 10.6 Å². The van der Waals surface area contributed by atoms with Crippen molar-refractivity contribution in [3.63, 3.8) is 0 Å². The third-order valence-corrected chi connectivity index (χ3v) is 7.14. The molecule has 4 rings (SSSR count). The number of urea groups is 1. The Morgan fingerprint density at radius 2 is 1.94 bits per heavy atom. The second kappa shape index (κ2) is 9.74. The van der Waals surface area contributed by atoms with E-state index in [0.29, 0.717) is 24.7 Å². The van der Waals surface area contributed by atoms with Crippen LogP contribution >= 0.6 is 11.8 Å². The van der Waals surface area contributed by atoms with E-state index in [1.807, 2.05) is 30.3 Å². The van der Waals surface area contributed by atoms with Crippen molar-refractivity contribution < 1.29 is 13.6 Å². The van der Waals surface area contributed by atoms with Gasteiger partial charge in [-0.25, -0.2) is 23.2 Å². The number of carbonyl (C=O) groups is 1. The van der Waals surface area contributed by atoms with Crippen LogP contribution in [0.5, 0.6) is 0 Å². The number of hydrogen-bond acceptors (Lipinski definition) is 4. The average molecular weight is 486 g/mol. The van der Waals surface area contributed by atoms with Crippen LogP contribution in [0.3, 0.4) is 0 Å². The number of thioether (sulfide) groups is 1. The van der Waals surface area contributed by atoms with Crippen LogP contribution < -0.4 is 5.73 Å². The van der Waals surface area contributed by atoms with Crippen molar-refractivity contribution in [3.05, 3.63) is 71.6 Å². The molecule has 6 nitrogen and oxygen atoms in total. The molecule has 2 heterocycles. The zero-order valence-corrected chi connectivity index (χ0v) is 20.4. The van der Waals surface area contributed by atoms with Crippen LogP contribution in [0.2, 0.25) is 0 Å². The number of nitrogens with two attached hydrogens (primary N) is 1. The third-order valence-electron chi connectivity index (χ3n) is 6.09. The first kappa shape index (κ1) is 24.2. The summed E-state index contributed by atoms with van der Waals surface area (Å²) in [5.74, 6) is 0.853. The normalized spacial score (nSPS) is 17.6. The molecule has 0 spiro atoms. The number of amides is 2. The van der Waals surface area contributed by atoms with Crippen LogP contribution in [0.4, 0.5) is 13.6 Å². The van der Waals surface area contributed by atoms with Gasteiger partial charge in [0, 0.05) is 24.0 Å². The summed E-state index contributed by atoms with van der Waals surface area (Å²) in [7, 11) is 0. The monoisotopic (exact) mass is 485 g/mol. The Balaban J connectivity index is 1.87. The number of benzene rings is 2. The number of halogens is 2. The summed E-state index contributed by atoms with van der Waals surface area (Å²) in [6, 6.07) is 12.3. The van der Waals surface area contributed by atoms with E-state index in [9.17, 15) is 13.6 Å². The summed E-state index contributed by atoms with van der Waals surface area (Å²) in [5, 5.41) is 4.63. The molecule has 2 atom stereocenters. The third kappa shape index (κ3) is 5.09. The highest BCUT2D eigenvalue weighted by atomic mass is 32.2. The van der Waals surface area contributed by atoms with Crippen molar-refractivity contribution >= 4 is 17.8 Å². The van der Waals surface area contributed by atoms with E-state index >= 15 is 0 Å². The lowest BCUT2D eigenvalue weighted by atomic mass is 9.75. The van der Waals surface area contributed by atoms with Gasteiger partial charge in [-0.3, -0.25) is 0 Å². The minimum atomic E-state index is -0.593. The van der Waals surface area contributed by atoms with E-state index in [1.54, 1.807) is 21.3 Å². The predicted octanol–water partition coefficient (Wildman–Crippen LogP) is 4.90. The Bertz CT molecular complexity index is 1160. The molecule has 1 unspecified atom stereocenters. The van der Waals surface area contributed by atoms with Crippen molar-refractivity contribution in [2.75, 3.05) is 18.1 Å². The lowest BCUT2D eigenvalue weighted by molar-refractivity contribution is 0.143. The average Bonchev–Trinajstić information content (AvgIpc) is 3.18. The van der Waals surface area contributed by atoms with E-state index in [0.717, 1.165) is 29.5 Å². The maximum absolute atomic E-state index is 14.7. The lowest BCUT2D eigenvalue weighted by Crippen LogP contribution is -2.54. The van der Waals surface area contributed by atoms with Crippen LogP contribution in [0.25, 0.3) is 11.4 Å². The first-order valence-corrected chi connectivity index (χ1v) is 12.4. The molecule has 2 N–H and O–H groups in total. The van der Waals surface area contributed by atoms with E-state index in [-0.39, 0.29) is 28.8 Å². The van der Waals surface area contributed by atoms with Crippen LogP contribution in [0.15, 0.2) is 48.5 Å². The Morgan fingerprint density at radius 3 is 2.62 bits per heavy atom. The number of primary amides is 1. The van der Waals surface area contributed by atoms with Gasteiger partial charge in [-0.15, -0.1) is 0 Å². The van der Waals surface area contributed by atoms with Crippen LogP contribution in [0.1, 0.15) is 38.1 Å². The number of carbonyl (C=O) groups excluding carboxylic acids is 1. The Labute approximate surface area is 202 Å². The van der Waals surface area contributed by atoms with Crippen molar-refractivity contribution in [3.8, 4) is 11.4 Å². The molecule has 9 heteroatoms. The smallest absolute Gasteiger partial charge is 0.315 e. The molecule has 1 fully saturated rings. The standard InChI is InChI=1S/C25H29F2N5OS/c1-25(2,3)21(20-15-34-12-11-31(20)24(28)33)23-29-22(18-13-17(26)9-10-19(18)27)30-32(23)14-16-7-5-4-6-8-16/h4-10,13,20-21H,11-12,14-15H2,1-3H3,(H2,28,33)/t20?,21-/m1/s1. The van der Waals surface area contributed by atoms with Crippen LogP contribution in [-0.2, 0) is 6.54 Å². The van der Waals surface area contributed by atoms with Gasteiger partial charge in [0.25, 0.3) is 0 Å². The second-order valence-corrected chi connectivity index (χ2v) is 10.7. The fraction of sp³-hybridized carbons (Fsp3) is 0.400. The quantitative estimate of drug-likeness (QED) is 0.558. The molecule has 180 valence electrons. The highest BCUT2D eigenvalue weighted by Crippen LogP contribution is 2.42. The van der Waals surface area contributed by atoms with Crippen LogP contribution in [0, 0.1) is 17.0 Å². The molecule has 34 heavy (non-hydrogen) atoms. The highest BCUT2D eigenvalue weighted by molar-refractivity contribution is 7.99. The van der Waals surface area contributed by atoms with Gasteiger partial charge in [0.15, 0.2) is 5.82 Å². The highest BCUT2D eigenvalue weighted by Gasteiger charge is 2.43. The van der Waals surface area contributed by atoms with E-state index in [2.05, 4.69) is 25.9 Å². The lowest BCUT2D eigenvalue weighted by Gasteiger charge is -2.43. The minimum Gasteiger partial charge on any atom is -0.351 e. The number of nitrogens with zero attached hydrogens (tertiary/aromatic N) is 4. The summed E-state index contributed by atoms with van der Waals surface area (Å²) in [6.45, 7) is 7.21. The molecule has 0 radical (unpaired) electrons. The van der Waals surface area contributed by atoms with E-state index < -0.39 is 17.7 Å². The SMILES string of the molecule is CC(C)(C)[C@@H](c1nc(-c2cc(F)ccc2F)nn1Cc1ccccc1)C1CSCCN1C(N)=O. The number of aromatic nitrogens is 3. The molecule has 2 aromatic carbocycles. The van der Waals surface area contributed by atoms with Gasteiger partial charge in [0.05, 0.1) is 18.2 Å². The van der Waals surface area contributed by atoms with E-state index in [1.165, 1.54) is 0 Å². The van der Waals surface area contributed by atoms with Gasteiger partial charge >= 0.3 is 6.03 Å². The molecule has 1 aliphatic rings. The zero-order chi connectivity index (χ0) is 24.5. The summed E-state index contributed by atoms with van der Waals surface area (Å²) in [5.41, 5.74) is 6.43. The molecule has 3 aromatic rings. The minimum absolute atomic E-state index is 0.00509. The Kier molecular flexibility index (Phi) is 6.93. The van der Waals surface area contributed by atoms with Gasteiger partial charge in [-0.05, 0) is 29.2 Å². The summed E-state index contributed by atoms with van der Waals surface area (Å²) in [4.78, 5) is 18.8. The fourth-order valence-corrected chi connectivity index (χ4v) is 5.66. The second-order valence-electron chi connectivity index (χ2n) is 9.58. The Morgan fingerprint density at radius 1 is 1.21 bits per heavy atom. The maximum atomic E-state index is 14.7. The van der Waals surface area contributed by atoms with Crippen molar-refractivity contribution in [1.29, 1.82) is 0 Å². The summed E-state index contributed by atoms with van der Waals surface area (Å²) in [6.07, 6.45) is 0. The van der Waals surface area contributed by atoms with Crippen molar-refractivity contribution in [2.24, 2.45) is 11.1 Å². The molecule has 0 bridgehead atoms. The first-order valence-electron chi connectivity index (χ1n) is 11.2. The van der Waals surface area contributed by atoms with Gasteiger partial charge in [0.2, 0.25) is 0 Å². The van der Waals surface area contributed by atoms with Gasteiger partial charge in [-0.1, -0.05) is 51.1 Å². The summed E-state index contributed by atoms with van der Waals surface area (Å²) >= 11 is 1.76. The van der Waals surface area contributed by atoms with Crippen molar-refractivity contribution in [1.82, 2.24) is 19.7 Å². The molecule has 0 saturated carbocycles. The number of rotatable bonds is 5. The molecule has 2 amide bonds. The topological polar surface area (TPSA) is 77.0 Å². The molecular formula is C25H29F2N5OS.